The largest absolute Gasteiger partial charge is 0.490 e. The van der Waals surface area contributed by atoms with Gasteiger partial charge in [-0.05, 0) is 18.6 Å². The highest BCUT2D eigenvalue weighted by molar-refractivity contribution is 5.92. The first kappa shape index (κ1) is 15.5. The van der Waals surface area contributed by atoms with Crippen LogP contribution in [0.5, 0.6) is 5.75 Å². The minimum Gasteiger partial charge on any atom is -0.490 e. The maximum atomic E-state index is 12.4. The topological polar surface area (TPSA) is 68.5 Å². The van der Waals surface area contributed by atoms with Gasteiger partial charge >= 0.3 is 0 Å². The lowest BCUT2D eigenvalue weighted by Crippen LogP contribution is -2.41. The molecule has 3 rings (SSSR count). The van der Waals surface area contributed by atoms with Crippen LogP contribution in [0.4, 0.5) is 0 Å². The molecule has 3 heterocycles. The van der Waals surface area contributed by atoms with Gasteiger partial charge in [-0.3, -0.25) is 9.78 Å². The molecule has 2 aromatic rings. The SMILES string of the molecule is CCCc1cc(C(=O)N2CCC(Oc3ccncc3)CC2)no1. The van der Waals surface area contributed by atoms with Gasteiger partial charge in [0.15, 0.2) is 5.69 Å². The number of nitrogens with zero attached hydrogens (tertiary/aromatic N) is 3. The number of carbonyl (C=O) groups excluding carboxylic acids is 1. The van der Waals surface area contributed by atoms with Gasteiger partial charge in [0.1, 0.15) is 17.6 Å². The molecule has 0 unspecified atom stereocenters. The summed E-state index contributed by atoms with van der Waals surface area (Å²) in [6.07, 6.45) is 6.97. The second-order valence-corrected chi connectivity index (χ2v) is 5.72. The van der Waals surface area contributed by atoms with E-state index in [4.69, 9.17) is 9.26 Å². The van der Waals surface area contributed by atoms with Gasteiger partial charge in [-0.2, -0.15) is 0 Å². The van der Waals surface area contributed by atoms with Crippen LogP contribution in [0.25, 0.3) is 0 Å². The zero-order valence-corrected chi connectivity index (χ0v) is 13.3. The number of aromatic nitrogens is 2. The number of aryl methyl sites for hydroxylation is 1. The predicted molar refractivity (Wildman–Crippen MR) is 84.3 cm³/mol. The Kier molecular flexibility index (Phi) is 4.90. The molecule has 0 atom stereocenters. The Morgan fingerprint density at radius 1 is 1.35 bits per heavy atom. The van der Waals surface area contributed by atoms with Gasteiger partial charge in [0.25, 0.3) is 5.91 Å². The van der Waals surface area contributed by atoms with E-state index in [2.05, 4.69) is 17.1 Å². The average Bonchev–Trinajstić information content (AvgIpc) is 3.05. The molecule has 23 heavy (non-hydrogen) atoms. The molecular weight excluding hydrogens is 294 g/mol. The van der Waals surface area contributed by atoms with Gasteiger partial charge in [0.05, 0.1) is 0 Å². The number of ether oxygens (including phenoxy) is 1. The summed E-state index contributed by atoms with van der Waals surface area (Å²) >= 11 is 0. The summed E-state index contributed by atoms with van der Waals surface area (Å²) in [6.45, 7) is 3.41. The normalized spacial score (nSPS) is 15.6. The van der Waals surface area contributed by atoms with Crippen molar-refractivity contribution in [2.75, 3.05) is 13.1 Å². The second-order valence-electron chi connectivity index (χ2n) is 5.72. The van der Waals surface area contributed by atoms with E-state index in [0.29, 0.717) is 18.8 Å². The van der Waals surface area contributed by atoms with Crippen molar-refractivity contribution in [1.82, 2.24) is 15.0 Å². The molecule has 6 heteroatoms. The summed E-state index contributed by atoms with van der Waals surface area (Å²) in [5.74, 6) is 1.54. The molecule has 1 amide bonds. The fourth-order valence-electron chi connectivity index (χ4n) is 2.73. The number of amides is 1. The lowest BCUT2D eigenvalue weighted by Gasteiger charge is -2.31. The summed E-state index contributed by atoms with van der Waals surface area (Å²) in [7, 11) is 0. The van der Waals surface area contributed by atoms with Crippen LogP contribution in [-0.4, -0.2) is 40.1 Å². The molecule has 0 aromatic carbocycles. The highest BCUT2D eigenvalue weighted by Crippen LogP contribution is 2.19. The Labute approximate surface area is 135 Å². The molecule has 0 bridgehead atoms. The highest BCUT2D eigenvalue weighted by atomic mass is 16.5. The van der Waals surface area contributed by atoms with Crippen molar-refractivity contribution in [3.63, 3.8) is 0 Å². The van der Waals surface area contributed by atoms with E-state index in [-0.39, 0.29) is 12.0 Å². The fourth-order valence-corrected chi connectivity index (χ4v) is 2.73. The molecule has 0 spiro atoms. The van der Waals surface area contributed by atoms with Crippen molar-refractivity contribution < 1.29 is 14.1 Å². The molecule has 6 nitrogen and oxygen atoms in total. The summed E-state index contributed by atoms with van der Waals surface area (Å²) in [5.41, 5.74) is 0.405. The van der Waals surface area contributed by atoms with Gasteiger partial charge in [-0.15, -0.1) is 0 Å². The summed E-state index contributed by atoms with van der Waals surface area (Å²) < 4.78 is 11.1. The molecule has 0 radical (unpaired) electrons. The van der Waals surface area contributed by atoms with Crippen LogP contribution < -0.4 is 4.74 Å². The van der Waals surface area contributed by atoms with E-state index in [1.54, 1.807) is 18.5 Å². The van der Waals surface area contributed by atoms with Crippen molar-refractivity contribution in [3.8, 4) is 5.75 Å². The molecule has 2 aromatic heterocycles. The van der Waals surface area contributed by atoms with Crippen molar-refractivity contribution >= 4 is 5.91 Å². The third kappa shape index (κ3) is 3.88. The second kappa shape index (κ2) is 7.26. The number of rotatable bonds is 5. The third-order valence-electron chi connectivity index (χ3n) is 3.96. The van der Waals surface area contributed by atoms with E-state index in [1.807, 2.05) is 17.0 Å². The van der Waals surface area contributed by atoms with Crippen LogP contribution in [0.1, 0.15) is 42.4 Å². The van der Waals surface area contributed by atoms with Crippen LogP contribution in [0, 0.1) is 0 Å². The maximum absolute atomic E-state index is 12.4. The van der Waals surface area contributed by atoms with Gasteiger partial charge < -0.3 is 14.2 Å². The van der Waals surface area contributed by atoms with E-state index < -0.39 is 0 Å². The zero-order valence-electron chi connectivity index (χ0n) is 13.3. The molecule has 1 aliphatic heterocycles. The number of carbonyl (C=O) groups is 1. The van der Waals surface area contributed by atoms with E-state index in [9.17, 15) is 4.79 Å². The van der Waals surface area contributed by atoms with E-state index in [1.165, 1.54) is 0 Å². The quantitative estimate of drug-likeness (QED) is 0.848. The minimum atomic E-state index is -0.0570. The van der Waals surface area contributed by atoms with Crippen molar-refractivity contribution in [2.45, 2.75) is 38.7 Å². The zero-order chi connectivity index (χ0) is 16.1. The fraction of sp³-hybridized carbons (Fsp3) is 0.471. The van der Waals surface area contributed by atoms with Gasteiger partial charge in [-0.25, -0.2) is 0 Å². The first-order valence-electron chi connectivity index (χ1n) is 8.08. The first-order valence-corrected chi connectivity index (χ1v) is 8.08. The van der Waals surface area contributed by atoms with Crippen molar-refractivity contribution in [3.05, 3.63) is 42.0 Å². The molecule has 0 N–H and O–H groups in total. The molecule has 1 saturated heterocycles. The number of piperidine rings is 1. The minimum absolute atomic E-state index is 0.0570. The first-order chi connectivity index (χ1) is 11.3. The lowest BCUT2D eigenvalue weighted by molar-refractivity contribution is 0.0586. The molecule has 1 fully saturated rings. The van der Waals surface area contributed by atoms with Crippen LogP contribution in [0.2, 0.25) is 0 Å². The Bertz CT molecular complexity index is 634. The number of hydrogen-bond donors (Lipinski definition) is 0. The van der Waals surface area contributed by atoms with Crippen molar-refractivity contribution in [1.29, 1.82) is 0 Å². The van der Waals surface area contributed by atoms with Crippen LogP contribution in [0.15, 0.2) is 35.1 Å². The summed E-state index contributed by atoms with van der Waals surface area (Å²) in [5, 5.41) is 3.89. The maximum Gasteiger partial charge on any atom is 0.276 e. The molecule has 122 valence electrons. The molecule has 1 aliphatic rings. The third-order valence-corrected chi connectivity index (χ3v) is 3.96. The smallest absolute Gasteiger partial charge is 0.276 e. The summed E-state index contributed by atoms with van der Waals surface area (Å²) in [4.78, 5) is 18.2. The van der Waals surface area contributed by atoms with Crippen LogP contribution >= 0.6 is 0 Å². The Balaban J connectivity index is 1.52. The molecule has 0 saturated carbocycles. The standard InChI is InChI=1S/C17H21N3O3/c1-2-3-15-12-16(19-23-15)17(21)20-10-6-14(7-11-20)22-13-4-8-18-9-5-13/h4-5,8-9,12,14H,2-3,6-7,10-11H2,1H3. The Hall–Kier alpha value is -2.37. The van der Waals surface area contributed by atoms with Crippen LogP contribution in [-0.2, 0) is 6.42 Å². The summed E-state index contributed by atoms with van der Waals surface area (Å²) in [6, 6.07) is 5.45. The lowest BCUT2D eigenvalue weighted by atomic mass is 10.1. The van der Waals surface area contributed by atoms with E-state index in [0.717, 1.165) is 37.2 Å². The molecular formula is C17H21N3O3. The van der Waals surface area contributed by atoms with E-state index >= 15 is 0 Å². The van der Waals surface area contributed by atoms with Crippen molar-refractivity contribution in [2.24, 2.45) is 0 Å². The van der Waals surface area contributed by atoms with Gasteiger partial charge in [-0.1, -0.05) is 12.1 Å². The van der Waals surface area contributed by atoms with Gasteiger partial charge in [0, 0.05) is 50.8 Å². The Morgan fingerprint density at radius 3 is 2.78 bits per heavy atom. The monoisotopic (exact) mass is 315 g/mol. The highest BCUT2D eigenvalue weighted by Gasteiger charge is 2.26. The molecule has 0 aliphatic carbocycles. The number of pyridine rings is 1. The predicted octanol–water partition coefficient (Wildman–Crippen LogP) is 2.71. The number of likely N-dealkylation sites (tertiary alicyclic amines) is 1. The van der Waals surface area contributed by atoms with Crippen LogP contribution in [0.3, 0.4) is 0 Å². The number of hydrogen-bond acceptors (Lipinski definition) is 5. The average molecular weight is 315 g/mol. The van der Waals surface area contributed by atoms with Gasteiger partial charge in [0.2, 0.25) is 0 Å². The Morgan fingerprint density at radius 2 is 2.09 bits per heavy atom.